The lowest BCUT2D eigenvalue weighted by atomic mass is 10.1. The molecule has 1 aliphatic heterocycles. The predicted octanol–water partition coefficient (Wildman–Crippen LogP) is 2.90. The minimum absolute atomic E-state index is 0.0583. The van der Waals surface area contributed by atoms with E-state index in [1.54, 1.807) is 43.2 Å². The summed E-state index contributed by atoms with van der Waals surface area (Å²) in [5.74, 6) is -0.742. The van der Waals surface area contributed by atoms with Crippen LogP contribution in [0.4, 0.5) is 0 Å². The molecule has 1 saturated heterocycles. The number of benzene rings is 2. The average molecular weight is 395 g/mol. The molecule has 0 radical (unpaired) electrons. The Morgan fingerprint density at radius 3 is 2.45 bits per heavy atom. The minimum atomic E-state index is -0.913. The molecule has 1 fully saturated rings. The zero-order valence-electron chi connectivity index (χ0n) is 16.7. The Kier molecular flexibility index (Phi) is 6.65. The number of nitrogens with zero attached hydrogens (tertiary/aromatic N) is 1. The molecule has 2 atom stereocenters. The van der Waals surface area contributed by atoms with Crippen molar-refractivity contribution in [2.45, 2.75) is 25.9 Å². The number of ether oxygens (including phenoxy) is 2. The first-order valence-corrected chi connectivity index (χ1v) is 9.68. The highest BCUT2D eigenvalue weighted by atomic mass is 16.5. The number of methoxy groups -OCH3 is 1. The molecule has 6 nitrogen and oxygen atoms in total. The van der Waals surface area contributed by atoms with Gasteiger partial charge in [0.15, 0.2) is 6.10 Å². The van der Waals surface area contributed by atoms with E-state index in [2.05, 4.69) is 0 Å². The van der Waals surface area contributed by atoms with Crippen LogP contribution in [0, 0.1) is 5.92 Å². The van der Waals surface area contributed by atoms with Gasteiger partial charge in [-0.1, -0.05) is 30.3 Å². The standard InChI is InChI=1S/C23H25NO5/c1-16(22(26)18-8-10-20(28-2)11-9-18)29-23(27)19-14-21(25)24(15-19)13-12-17-6-4-3-5-7-17/h3-11,16,19H,12-15H2,1-2H3/t16-,19+/m1/s1. The van der Waals surface area contributed by atoms with Crippen LogP contribution in [0.2, 0.25) is 0 Å². The van der Waals surface area contributed by atoms with E-state index in [-0.39, 0.29) is 18.1 Å². The predicted molar refractivity (Wildman–Crippen MR) is 108 cm³/mol. The van der Waals surface area contributed by atoms with Crippen molar-refractivity contribution in [3.8, 4) is 5.75 Å². The third-order valence-corrected chi connectivity index (χ3v) is 5.10. The van der Waals surface area contributed by atoms with E-state index >= 15 is 0 Å². The van der Waals surface area contributed by atoms with Crippen LogP contribution in [0.3, 0.4) is 0 Å². The summed E-state index contributed by atoms with van der Waals surface area (Å²) in [5, 5.41) is 0. The van der Waals surface area contributed by atoms with E-state index in [0.717, 1.165) is 12.0 Å². The van der Waals surface area contributed by atoms with Gasteiger partial charge in [-0.05, 0) is 43.2 Å². The third-order valence-electron chi connectivity index (χ3n) is 5.10. The van der Waals surface area contributed by atoms with E-state index in [9.17, 15) is 14.4 Å². The number of amides is 1. The highest BCUT2D eigenvalue weighted by Gasteiger charge is 2.36. The lowest BCUT2D eigenvalue weighted by Crippen LogP contribution is -2.31. The summed E-state index contributed by atoms with van der Waals surface area (Å²) in [6.45, 7) is 2.44. The first kappa shape index (κ1) is 20.6. The Bertz CT molecular complexity index is 863. The van der Waals surface area contributed by atoms with E-state index in [0.29, 0.717) is 24.4 Å². The molecule has 6 heteroatoms. The van der Waals surface area contributed by atoms with E-state index in [1.807, 2.05) is 30.3 Å². The molecule has 0 spiro atoms. The van der Waals surface area contributed by atoms with Crippen LogP contribution < -0.4 is 4.74 Å². The number of Topliss-reactive ketones (excluding diaryl/α,β-unsaturated/α-hetero) is 1. The fourth-order valence-corrected chi connectivity index (χ4v) is 3.37. The molecule has 0 unspecified atom stereocenters. The monoisotopic (exact) mass is 395 g/mol. The van der Waals surface area contributed by atoms with Gasteiger partial charge in [-0.3, -0.25) is 14.4 Å². The largest absolute Gasteiger partial charge is 0.497 e. The van der Waals surface area contributed by atoms with Crippen molar-refractivity contribution in [2.24, 2.45) is 5.92 Å². The number of rotatable bonds is 8. The van der Waals surface area contributed by atoms with Gasteiger partial charge in [0.25, 0.3) is 0 Å². The molecule has 2 aromatic rings. The summed E-state index contributed by atoms with van der Waals surface area (Å²) in [5.41, 5.74) is 1.59. The normalized spacial score (nSPS) is 17.1. The summed E-state index contributed by atoms with van der Waals surface area (Å²) in [7, 11) is 1.55. The molecular weight excluding hydrogens is 370 g/mol. The van der Waals surface area contributed by atoms with Crippen molar-refractivity contribution < 1.29 is 23.9 Å². The van der Waals surface area contributed by atoms with Crippen molar-refractivity contribution in [1.29, 1.82) is 0 Å². The number of likely N-dealkylation sites (tertiary alicyclic amines) is 1. The van der Waals surface area contributed by atoms with Crippen molar-refractivity contribution in [2.75, 3.05) is 20.2 Å². The maximum absolute atomic E-state index is 12.5. The number of hydrogen-bond acceptors (Lipinski definition) is 5. The average Bonchev–Trinajstić information content (AvgIpc) is 3.13. The molecule has 152 valence electrons. The van der Waals surface area contributed by atoms with Gasteiger partial charge in [-0.15, -0.1) is 0 Å². The molecule has 0 aliphatic carbocycles. The van der Waals surface area contributed by atoms with Gasteiger partial charge in [0.2, 0.25) is 11.7 Å². The zero-order valence-corrected chi connectivity index (χ0v) is 16.7. The molecule has 0 aromatic heterocycles. The van der Waals surface area contributed by atoms with Crippen molar-refractivity contribution in [1.82, 2.24) is 4.90 Å². The lowest BCUT2D eigenvalue weighted by Gasteiger charge is -2.17. The molecule has 1 heterocycles. The molecule has 0 saturated carbocycles. The maximum Gasteiger partial charge on any atom is 0.311 e. The van der Waals surface area contributed by atoms with Crippen LogP contribution >= 0.6 is 0 Å². The second kappa shape index (κ2) is 9.37. The van der Waals surface area contributed by atoms with Crippen LogP contribution in [0.1, 0.15) is 29.3 Å². The Labute approximate surface area is 170 Å². The smallest absolute Gasteiger partial charge is 0.311 e. The van der Waals surface area contributed by atoms with Crippen LogP contribution in [-0.4, -0.2) is 48.9 Å². The Morgan fingerprint density at radius 1 is 1.10 bits per heavy atom. The van der Waals surface area contributed by atoms with Gasteiger partial charge in [0.1, 0.15) is 5.75 Å². The number of esters is 1. The first-order chi connectivity index (χ1) is 14.0. The second-order valence-corrected chi connectivity index (χ2v) is 7.15. The molecule has 0 bridgehead atoms. The first-order valence-electron chi connectivity index (χ1n) is 9.68. The minimum Gasteiger partial charge on any atom is -0.497 e. The Morgan fingerprint density at radius 2 is 1.79 bits per heavy atom. The van der Waals surface area contributed by atoms with Gasteiger partial charge in [-0.2, -0.15) is 0 Å². The van der Waals surface area contributed by atoms with Crippen molar-refractivity contribution >= 4 is 17.7 Å². The van der Waals surface area contributed by atoms with Crippen LogP contribution in [0.25, 0.3) is 0 Å². The molecule has 29 heavy (non-hydrogen) atoms. The Balaban J connectivity index is 1.52. The summed E-state index contributed by atoms with van der Waals surface area (Å²) in [6.07, 6.45) is -0.0537. The van der Waals surface area contributed by atoms with Crippen LogP contribution in [0.15, 0.2) is 54.6 Å². The lowest BCUT2D eigenvalue weighted by molar-refractivity contribution is -0.151. The summed E-state index contributed by atoms with van der Waals surface area (Å²) in [4.78, 5) is 38.9. The van der Waals surface area contributed by atoms with Gasteiger partial charge in [-0.25, -0.2) is 0 Å². The fourth-order valence-electron chi connectivity index (χ4n) is 3.37. The summed E-state index contributed by atoms with van der Waals surface area (Å²) >= 11 is 0. The SMILES string of the molecule is COc1ccc(C(=O)[C@@H](C)OC(=O)[C@H]2CC(=O)N(CCc3ccccc3)C2)cc1. The molecule has 1 amide bonds. The summed E-state index contributed by atoms with van der Waals surface area (Å²) < 4.78 is 10.4. The number of hydrogen-bond donors (Lipinski definition) is 0. The molecular formula is C23H25NO5. The van der Waals surface area contributed by atoms with Gasteiger partial charge in [0, 0.05) is 25.1 Å². The van der Waals surface area contributed by atoms with Crippen molar-refractivity contribution in [3.63, 3.8) is 0 Å². The van der Waals surface area contributed by atoms with E-state index in [4.69, 9.17) is 9.47 Å². The second-order valence-electron chi connectivity index (χ2n) is 7.15. The highest BCUT2D eigenvalue weighted by molar-refractivity contribution is 6.00. The molecule has 3 rings (SSSR count). The zero-order chi connectivity index (χ0) is 20.8. The summed E-state index contributed by atoms with van der Waals surface area (Å²) in [6, 6.07) is 16.5. The number of ketones is 1. The molecule has 2 aromatic carbocycles. The number of carbonyl (C=O) groups is 3. The third kappa shape index (κ3) is 5.22. The molecule has 0 N–H and O–H groups in total. The van der Waals surface area contributed by atoms with Crippen LogP contribution in [0.5, 0.6) is 5.75 Å². The molecule has 1 aliphatic rings. The topological polar surface area (TPSA) is 72.9 Å². The quantitative estimate of drug-likeness (QED) is 0.508. The maximum atomic E-state index is 12.5. The van der Waals surface area contributed by atoms with E-state index in [1.165, 1.54) is 0 Å². The van der Waals surface area contributed by atoms with Gasteiger partial charge >= 0.3 is 5.97 Å². The fraction of sp³-hybridized carbons (Fsp3) is 0.348. The van der Waals surface area contributed by atoms with Gasteiger partial charge in [0.05, 0.1) is 13.0 Å². The Hall–Kier alpha value is -3.15. The van der Waals surface area contributed by atoms with Crippen LogP contribution in [-0.2, 0) is 20.7 Å². The van der Waals surface area contributed by atoms with E-state index < -0.39 is 18.0 Å². The van der Waals surface area contributed by atoms with Crippen molar-refractivity contribution in [3.05, 3.63) is 65.7 Å². The highest BCUT2D eigenvalue weighted by Crippen LogP contribution is 2.21. The van der Waals surface area contributed by atoms with Gasteiger partial charge < -0.3 is 14.4 Å². The number of carbonyl (C=O) groups excluding carboxylic acids is 3.